The van der Waals surface area contributed by atoms with Crippen molar-refractivity contribution in [2.24, 2.45) is 11.7 Å². The number of nitrogens with one attached hydrogen (secondary N) is 1. The molecule has 4 nitrogen and oxygen atoms in total. The van der Waals surface area contributed by atoms with Crippen molar-refractivity contribution in [2.45, 2.75) is 26.3 Å². The minimum atomic E-state index is 0. The summed E-state index contributed by atoms with van der Waals surface area (Å²) in [4.78, 5) is 14.1. The zero-order chi connectivity index (χ0) is 14.4. The van der Waals surface area contributed by atoms with Crippen LogP contribution in [0.25, 0.3) is 0 Å². The largest absolute Gasteiger partial charge is 0.351 e. The van der Waals surface area contributed by atoms with Crippen molar-refractivity contribution >= 4 is 18.3 Å². The highest BCUT2D eigenvalue weighted by Gasteiger charge is 2.19. The first kappa shape index (κ1) is 18.0. The molecule has 1 aliphatic heterocycles. The van der Waals surface area contributed by atoms with Crippen LogP contribution in [0.1, 0.15) is 24.0 Å². The number of carbonyl (C=O) groups excluding carboxylic acids is 1. The van der Waals surface area contributed by atoms with Crippen molar-refractivity contribution in [2.75, 3.05) is 26.2 Å². The van der Waals surface area contributed by atoms with Gasteiger partial charge in [0.15, 0.2) is 0 Å². The lowest BCUT2D eigenvalue weighted by molar-refractivity contribution is -0.122. The molecule has 1 fully saturated rings. The molecule has 0 spiro atoms. The van der Waals surface area contributed by atoms with E-state index >= 15 is 0 Å². The lowest BCUT2D eigenvalue weighted by Crippen LogP contribution is -2.42. The highest BCUT2D eigenvalue weighted by molar-refractivity contribution is 5.85. The van der Waals surface area contributed by atoms with E-state index in [9.17, 15) is 4.79 Å². The number of nitrogens with zero attached hydrogens (tertiary/aromatic N) is 1. The van der Waals surface area contributed by atoms with Crippen LogP contribution in [0.4, 0.5) is 0 Å². The molecule has 1 heterocycles. The number of halogens is 1. The van der Waals surface area contributed by atoms with Crippen molar-refractivity contribution < 1.29 is 4.79 Å². The smallest absolute Gasteiger partial charge is 0.234 e. The SMILES string of the molecule is Cc1ccc(CNC(=O)CN2CCC(CN)CC2)cc1.Cl. The normalized spacial score (nSPS) is 16.3. The van der Waals surface area contributed by atoms with Crippen molar-refractivity contribution in [1.82, 2.24) is 10.2 Å². The first-order valence-corrected chi connectivity index (χ1v) is 7.42. The minimum absolute atomic E-state index is 0. The number of hydrogen-bond donors (Lipinski definition) is 2. The highest BCUT2D eigenvalue weighted by atomic mass is 35.5. The Morgan fingerprint density at radius 3 is 2.48 bits per heavy atom. The van der Waals surface area contributed by atoms with E-state index < -0.39 is 0 Å². The molecule has 1 aliphatic rings. The fourth-order valence-corrected chi connectivity index (χ4v) is 2.55. The van der Waals surface area contributed by atoms with E-state index in [-0.39, 0.29) is 18.3 Å². The van der Waals surface area contributed by atoms with Crippen LogP contribution in [0.3, 0.4) is 0 Å². The fourth-order valence-electron chi connectivity index (χ4n) is 2.55. The van der Waals surface area contributed by atoms with Gasteiger partial charge in [0.25, 0.3) is 0 Å². The Morgan fingerprint density at radius 2 is 1.90 bits per heavy atom. The van der Waals surface area contributed by atoms with E-state index in [0.29, 0.717) is 19.0 Å². The third-order valence-electron chi connectivity index (χ3n) is 4.02. The molecule has 21 heavy (non-hydrogen) atoms. The summed E-state index contributed by atoms with van der Waals surface area (Å²) in [7, 11) is 0. The van der Waals surface area contributed by atoms with Crippen LogP contribution in [0.2, 0.25) is 0 Å². The highest BCUT2D eigenvalue weighted by Crippen LogP contribution is 2.15. The average Bonchev–Trinajstić information content (AvgIpc) is 2.47. The molecule has 1 aromatic rings. The number of carbonyl (C=O) groups is 1. The second kappa shape index (κ2) is 9.03. The van der Waals surface area contributed by atoms with Crippen molar-refractivity contribution in [1.29, 1.82) is 0 Å². The summed E-state index contributed by atoms with van der Waals surface area (Å²) in [5, 5.41) is 2.99. The van der Waals surface area contributed by atoms with Gasteiger partial charge in [0, 0.05) is 6.54 Å². The molecule has 118 valence electrons. The van der Waals surface area contributed by atoms with Gasteiger partial charge in [-0.3, -0.25) is 9.69 Å². The molecular formula is C16H26ClN3O. The zero-order valence-electron chi connectivity index (χ0n) is 12.7. The van der Waals surface area contributed by atoms with E-state index in [4.69, 9.17) is 5.73 Å². The maximum Gasteiger partial charge on any atom is 0.234 e. The van der Waals surface area contributed by atoms with Crippen LogP contribution < -0.4 is 11.1 Å². The van der Waals surface area contributed by atoms with E-state index in [1.165, 1.54) is 5.56 Å². The fraction of sp³-hybridized carbons (Fsp3) is 0.562. The number of piperidine rings is 1. The number of nitrogens with two attached hydrogens (primary N) is 1. The van der Waals surface area contributed by atoms with Crippen molar-refractivity contribution in [3.63, 3.8) is 0 Å². The topological polar surface area (TPSA) is 58.4 Å². The Balaban J connectivity index is 0.00000220. The molecule has 0 aromatic heterocycles. The number of likely N-dealkylation sites (tertiary alicyclic amines) is 1. The Hall–Kier alpha value is -1.10. The first-order valence-electron chi connectivity index (χ1n) is 7.42. The zero-order valence-corrected chi connectivity index (χ0v) is 13.5. The Labute approximate surface area is 133 Å². The van der Waals surface area contributed by atoms with Gasteiger partial charge in [-0.1, -0.05) is 29.8 Å². The summed E-state index contributed by atoms with van der Waals surface area (Å²) in [6.45, 7) is 5.92. The van der Waals surface area contributed by atoms with Gasteiger partial charge in [0.05, 0.1) is 6.54 Å². The molecule has 0 saturated carbocycles. The maximum atomic E-state index is 11.9. The molecule has 1 saturated heterocycles. The van der Waals surface area contributed by atoms with Gasteiger partial charge in [-0.15, -0.1) is 12.4 Å². The van der Waals surface area contributed by atoms with E-state index in [1.807, 2.05) is 0 Å². The van der Waals surface area contributed by atoms with Crippen molar-refractivity contribution in [3.05, 3.63) is 35.4 Å². The number of rotatable bonds is 5. The summed E-state index contributed by atoms with van der Waals surface area (Å²) in [6.07, 6.45) is 2.23. The van der Waals surface area contributed by atoms with Gasteiger partial charge < -0.3 is 11.1 Å². The quantitative estimate of drug-likeness (QED) is 0.870. The van der Waals surface area contributed by atoms with Crippen molar-refractivity contribution in [3.8, 4) is 0 Å². The summed E-state index contributed by atoms with van der Waals surface area (Å²) >= 11 is 0. The van der Waals surface area contributed by atoms with Gasteiger partial charge in [-0.25, -0.2) is 0 Å². The molecule has 0 aliphatic carbocycles. The third kappa shape index (κ3) is 6.04. The molecule has 2 rings (SSSR count). The van der Waals surface area contributed by atoms with Crippen LogP contribution in [0, 0.1) is 12.8 Å². The van der Waals surface area contributed by atoms with Gasteiger partial charge in [-0.05, 0) is 50.9 Å². The standard InChI is InChI=1S/C16H25N3O.ClH/c1-13-2-4-15(5-3-13)11-18-16(20)12-19-8-6-14(10-17)7-9-19;/h2-5,14H,6-12,17H2,1H3,(H,18,20);1H. The van der Waals surface area contributed by atoms with E-state index in [0.717, 1.165) is 38.0 Å². The number of amides is 1. The van der Waals surface area contributed by atoms with Crippen LogP contribution in [0.5, 0.6) is 0 Å². The molecular weight excluding hydrogens is 286 g/mol. The summed E-state index contributed by atoms with van der Waals surface area (Å²) in [6, 6.07) is 8.25. The molecule has 1 aromatic carbocycles. The Morgan fingerprint density at radius 1 is 1.29 bits per heavy atom. The summed E-state index contributed by atoms with van der Waals surface area (Å²) in [5.41, 5.74) is 8.06. The lowest BCUT2D eigenvalue weighted by atomic mass is 9.97. The molecule has 0 unspecified atom stereocenters. The van der Waals surface area contributed by atoms with E-state index in [1.54, 1.807) is 0 Å². The molecule has 3 N–H and O–H groups in total. The second-order valence-corrected chi connectivity index (χ2v) is 5.72. The molecule has 0 radical (unpaired) electrons. The number of aryl methyl sites for hydroxylation is 1. The predicted octanol–water partition coefficient (Wildman–Crippen LogP) is 1.70. The Kier molecular flexibility index (Phi) is 7.72. The molecule has 0 bridgehead atoms. The lowest BCUT2D eigenvalue weighted by Gasteiger charge is -2.30. The number of hydrogen-bond acceptors (Lipinski definition) is 3. The summed E-state index contributed by atoms with van der Waals surface area (Å²) in [5.74, 6) is 0.749. The molecule has 0 atom stereocenters. The third-order valence-corrected chi connectivity index (χ3v) is 4.02. The van der Waals surface area contributed by atoms with Gasteiger partial charge >= 0.3 is 0 Å². The first-order chi connectivity index (χ1) is 9.67. The van der Waals surface area contributed by atoms with Crippen LogP contribution in [0.15, 0.2) is 24.3 Å². The van der Waals surface area contributed by atoms with E-state index in [2.05, 4.69) is 41.4 Å². The van der Waals surface area contributed by atoms with Gasteiger partial charge in [0.1, 0.15) is 0 Å². The van der Waals surface area contributed by atoms with Crippen LogP contribution in [-0.2, 0) is 11.3 Å². The molecule has 1 amide bonds. The van der Waals surface area contributed by atoms with Gasteiger partial charge in [-0.2, -0.15) is 0 Å². The van der Waals surface area contributed by atoms with Crippen LogP contribution in [-0.4, -0.2) is 37.0 Å². The monoisotopic (exact) mass is 311 g/mol. The second-order valence-electron chi connectivity index (χ2n) is 5.72. The predicted molar refractivity (Wildman–Crippen MR) is 88.5 cm³/mol. The maximum absolute atomic E-state index is 11.9. The minimum Gasteiger partial charge on any atom is -0.351 e. The Bertz CT molecular complexity index is 428. The van der Waals surface area contributed by atoms with Gasteiger partial charge in [0.2, 0.25) is 5.91 Å². The summed E-state index contributed by atoms with van der Waals surface area (Å²) < 4.78 is 0. The number of benzene rings is 1. The van der Waals surface area contributed by atoms with Crippen LogP contribution >= 0.6 is 12.4 Å². The average molecular weight is 312 g/mol. The molecule has 5 heteroatoms.